The van der Waals surface area contributed by atoms with Gasteiger partial charge in [-0.3, -0.25) is 38.4 Å². The van der Waals surface area contributed by atoms with Crippen LogP contribution in [-0.2, 0) is 56.7 Å². The van der Waals surface area contributed by atoms with Gasteiger partial charge < -0.3 is 56.4 Å². The molecule has 21 heteroatoms. The largest absolute Gasteiger partial charge is 0.595 e. The van der Waals surface area contributed by atoms with Gasteiger partial charge in [0.15, 0.2) is 5.75 Å². The fraction of sp³-hybridized carbons (Fsp3) is 0.519. The number of hydrogen-bond acceptors (Lipinski definition) is 11. The number of aromatic hydroxyl groups is 1. The summed E-state index contributed by atoms with van der Waals surface area (Å²) in [5.41, 5.74) is 0.567. The van der Waals surface area contributed by atoms with Crippen molar-refractivity contribution in [2.75, 3.05) is 14.1 Å². The highest BCUT2D eigenvalue weighted by atomic mass is 16.8. The molecule has 2 aromatic carbocycles. The lowest BCUT2D eigenvalue weighted by Gasteiger charge is -2.33. The van der Waals surface area contributed by atoms with Crippen LogP contribution >= 0.6 is 0 Å². The number of aromatic nitrogens is 1. The van der Waals surface area contributed by atoms with Gasteiger partial charge in [0.05, 0.1) is 11.5 Å². The van der Waals surface area contributed by atoms with Crippen LogP contribution in [-0.4, -0.2) is 133 Å². The van der Waals surface area contributed by atoms with Gasteiger partial charge in [0, 0.05) is 50.1 Å². The van der Waals surface area contributed by atoms with Gasteiger partial charge in [-0.1, -0.05) is 77.1 Å². The van der Waals surface area contributed by atoms with Crippen LogP contribution in [0.1, 0.15) is 99.1 Å². The summed E-state index contributed by atoms with van der Waals surface area (Å²) in [6.45, 7) is 19.6. The Hall–Kier alpha value is -7.10. The number of para-hydroxylation sites is 1. The maximum atomic E-state index is 15.3. The molecule has 3 aromatic rings. The highest BCUT2D eigenvalue weighted by Crippen LogP contribution is 2.30. The molecular weight excluding hydrogens is 967 g/mol. The molecule has 7 amide bonds. The van der Waals surface area contributed by atoms with Gasteiger partial charge in [0.1, 0.15) is 42.3 Å². The summed E-state index contributed by atoms with van der Waals surface area (Å²) in [6, 6.07) is 1.31. The Labute approximate surface area is 438 Å². The number of nitrogens with one attached hydrogen (secondary N) is 6. The zero-order chi connectivity index (χ0) is 56.2. The molecular formula is C54H77N9O12. The number of nitrogens with zero attached hydrogens (tertiary/aromatic N) is 3. The molecule has 0 bridgehead atoms. The summed E-state index contributed by atoms with van der Waals surface area (Å²) < 4.78 is 2.00. The first kappa shape index (κ1) is 60.5. The summed E-state index contributed by atoms with van der Waals surface area (Å²) in [7, 11) is 2.65. The number of carboxylic acids is 1. The second-order valence-electron chi connectivity index (χ2n) is 20.9. The molecule has 21 nitrogen and oxygen atoms in total. The highest BCUT2D eigenvalue weighted by Gasteiger charge is 2.40. The monoisotopic (exact) mass is 1040 g/mol. The number of quaternary nitrogens is 1. The van der Waals surface area contributed by atoms with E-state index in [1.165, 1.54) is 38.9 Å². The molecule has 9 atom stereocenters. The zero-order valence-corrected chi connectivity index (χ0v) is 44.9. The Morgan fingerprint density at radius 3 is 1.89 bits per heavy atom. The van der Waals surface area contributed by atoms with Crippen LogP contribution in [0.3, 0.4) is 0 Å². The normalized spacial score (nSPS) is 23.3. The summed E-state index contributed by atoms with van der Waals surface area (Å²) in [5, 5.41) is 55.1. The van der Waals surface area contributed by atoms with E-state index in [0.29, 0.717) is 5.56 Å². The molecule has 9 unspecified atom stereocenters. The van der Waals surface area contributed by atoms with Gasteiger partial charge in [-0.2, -0.15) is 5.23 Å². The van der Waals surface area contributed by atoms with Crippen LogP contribution in [0.15, 0.2) is 73.5 Å². The number of carbonyl (C=O) groups excluding carboxylic acids is 7. The van der Waals surface area contributed by atoms with Gasteiger partial charge in [-0.05, 0) is 88.5 Å². The second-order valence-corrected chi connectivity index (χ2v) is 20.9. The molecule has 2 heterocycles. The van der Waals surface area contributed by atoms with Crippen LogP contribution < -0.4 is 31.8 Å². The lowest BCUT2D eigenvalue weighted by atomic mass is 9.97. The van der Waals surface area contributed by atoms with Gasteiger partial charge in [-0.25, -0.2) is 5.21 Å². The molecule has 1 saturated heterocycles. The molecule has 1 aliphatic heterocycles. The molecule has 410 valence electrons. The SMILES string of the molecule is C=CC(C)(C)n1cc(CC2NC(=O)C(CC=CC)NC(=O)C(CC(C)C)NC(=O)C(CC(C)C(=O)O)N(C)C(=O)C(C)NC(=O)C(Cc3ccc(O)c([NH+]([O-])O)c3)NC(=O)C(CC(C)C)N(C)C2=O)c2ccccc21. The molecule has 0 saturated carbocycles. The van der Waals surface area contributed by atoms with E-state index >= 15 is 4.79 Å². The van der Waals surface area contributed by atoms with Crippen LogP contribution in [0.4, 0.5) is 5.69 Å². The first-order chi connectivity index (χ1) is 35.1. The Kier molecular flexibility index (Phi) is 21.3. The van der Waals surface area contributed by atoms with Crippen LogP contribution in [0.25, 0.3) is 10.9 Å². The van der Waals surface area contributed by atoms with Gasteiger partial charge >= 0.3 is 5.97 Å². The van der Waals surface area contributed by atoms with Crippen molar-refractivity contribution in [1.82, 2.24) is 41.0 Å². The molecule has 0 aliphatic carbocycles. The van der Waals surface area contributed by atoms with Crippen LogP contribution in [0.5, 0.6) is 5.75 Å². The Bertz CT molecular complexity index is 2610. The first-order valence-corrected chi connectivity index (χ1v) is 25.3. The van der Waals surface area contributed by atoms with Crippen LogP contribution in [0, 0.1) is 23.0 Å². The van der Waals surface area contributed by atoms with E-state index in [0.717, 1.165) is 27.9 Å². The van der Waals surface area contributed by atoms with E-state index in [9.17, 15) is 54.2 Å². The van der Waals surface area contributed by atoms with Crippen molar-refractivity contribution in [2.24, 2.45) is 17.8 Å². The molecule has 1 aliphatic rings. The molecule has 4 rings (SSSR count). The number of carbonyl (C=O) groups is 8. The number of amides is 7. The number of phenolic OH excluding ortho intramolecular Hbond substituents is 1. The molecule has 0 radical (unpaired) electrons. The minimum atomic E-state index is -1.56. The number of phenols is 1. The number of rotatable bonds is 16. The van der Waals surface area contributed by atoms with E-state index in [1.807, 2.05) is 62.7 Å². The Morgan fingerprint density at radius 2 is 1.31 bits per heavy atom. The van der Waals surface area contributed by atoms with Crippen molar-refractivity contribution in [3.63, 3.8) is 0 Å². The molecule has 75 heavy (non-hydrogen) atoms. The fourth-order valence-electron chi connectivity index (χ4n) is 9.02. The van der Waals surface area contributed by atoms with E-state index in [1.54, 1.807) is 39.0 Å². The third-order valence-electron chi connectivity index (χ3n) is 13.6. The number of benzene rings is 2. The number of hydrogen-bond donors (Lipinski definition) is 9. The van der Waals surface area contributed by atoms with Crippen LogP contribution in [0.2, 0.25) is 0 Å². The van der Waals surface area contributed by atoms with Crippen molar-refractivity contribution in [1.29, 1.82) is 0 Å². The predicted octanol–water partition coefficient (Wildman–Crippen LogP) is 2.74. The van der Waals surface area contributed by atoms with Gasteiger partial charge in [0.25, 0.3) is 0 Å². The summed E-state index contributed by atoms with van der Waals surface area (Å²) in [4.78, 5) is 117. The minimum Gasteiger partial charge on any atom is -0.595 e. The summed E-state index contributed by atoms with van der Waals surface area (Å²) in [6.07, 6.45) is 6.12. The number of aliphatic carboxylic acids is 1. The molecule has 1 aromatic heterocycles. The quantitative estimate of drug-likeness (QED) is 0.0569. The van der Waals surface area contributed by atoms with Gasteiger partial charge in [0.2, 0.25) is 47.0 Å². The van der Waals surface area contributed by atoms with Crippen molar-refractivity contribution in [3.8, 4) is 5.75 Å². The van der Waals surface area contributed by atoms with E-state index < -0.39 is 124 Å². The van der Waals surface area contributed by atoms with Crippen molar-refractivity contribution < 1.29 is 59.0 Å². The predicted molar refractivity (Wildman–Crippen MR) is 281 cm³/mol. The molecule has 9 N–H and O–H groups in total. The lowest BCUT2D eigenvalue weighted by molar-refractivity contribution is -0.991. The van der Waals surface area contributed by atoms with E-state index in [-0.39, 0.29) is 49.5 Å². The average Bonchev–Trinajstić information content (AvgIpc) is 3.73. The number of allylic oxidation sites excluding steroid dienone is 2. The third kappa shape index (κ3) is 15.7. The standard InChI is InChI=1S/C54H77N9O12/c1-13-15-19-37-46(65)59-40(28-35-29-62(54(9,10)14-2)41-20-17-16-18-36(35)41)52(71)61(12)43(24-31(5)6)49(68)58-39(26-34-21-22-45(64)42(27-34)63(74)75)47(66)55-33(8)51(70)60(11)44(25-32(7)53(72)73)50(69)57-38(23-30(3)4)48(67)56-37/h13-18,20-22,27,29-33,37-40,43-44,63-64,74H,2,19,23-26,28H2,1,3-12H3,(H,55,66)(H,56,67)(H,57,69)(H,58,68)(H,59,65)(H,72,73). The smallest absolute Gasteiger partial charge is 0.306 e. The Morgan fingerprint density at radius 1 is 0.760 bits per heavy atom. The van der Waals surface area contributed by atoms with Crippen molar-refractivity contribution in [2.45, 2.75) is 149 Å². The summed E-state index contributed by atoms with van der Waals surface area (Å²) in [5.74, 6) is -9.20. The maximum absolute atomic E-state index is 15.3. The number of fused-ring (bicyclic) bond motifs is 1. The highest BCUT2D eigenvalue weighted by molar-refractivity contribution is 5.99. The second kappa shape index (κ2) is 26.4. The number of carboxylic acid groups (broad SMARTS) is 1. The average molecular weight is 1040 g/mol. The maximum Gasteiger partial charge on any atom is 0.306 e. The molecule has 0 spiro atoms. The van der Waals surface area contributed by atoms with Gasteiger partial charge in [-0.15, -0.1) is 6.58 Å². The minimum absolute atomic E-state index is 0.0480. The molecule has 1 fully saturated rings. The number of likely N-dealkylation sites (N-methyl/N-ethyl adjacent to an activating group) is 2. The summed E-state index contributed by atoms with van der Waals surface area (Å²) >= 11 is 0. The lowest BCUT2D eigenvalue weighted by Crippen LogP contribution is -2.99. The topological polar surface area (TPSA) is 296 Å². The third-order valence-corrected chi connectivity index (χ3v) is 13.6. The van der Waals surface area contributed by atoms with Crippen molar-refractivity contribution >= 4 is 63.9 Å². The first-order valence-electron chi connectivity index (χ1n) is 25.3. The zero-order valence-electron chi connectivity index (χ0n) is 44.9. The fourth-order valence-corrected chi connectivity index (χ4v) is 9.02. The van der Waals surface area contributed by atoms with Crippen molar-refractivity contribution in [3.05, 3.63) is 89.8 Å². The van der Waals surface area contributed by atoms with E-state index in [4.69, 9.17) is 0 Å². The Balaban J connectivity index is 1.98. The van der Waals surface area contributed by atoms with E-state index in [2.05, 4.69) is 33.2 Å².